The predicted molar refractivity (Wildman–Crippen MR) is 122 cm³/mol. The summed E-state index contributed by atoms with van der Waals surface area (Å²) in [5.74, 6) is 2.68. The quantitative estimate of drug-likeness (QED) is 0.199. The van der Waals surface area contributed by atoms with Gasteiger partial charge in [0.2, 0.25) is 0 Å². The number of carboxylic acids is 2. The first-order chi connectivity index (χ1) is 12.3. The van der Waals surface area contributed by atoms with Gasteiger partial charge in [-0.2, -0.15) is 23.5 Å². The van der Waals surface area contributed by atoms with Crippen LogP contribution < -0.4 is 0 Å². The van der Waals surface area contributed by atoms with Crippen LogP contribution in [0, 0.1) is 11.8 Å². The first-order valence-electron chi connectivity index (χ1n) is 9.84. The zero-order valence-electron chi connectivity index (χ0n) is 17.7. The fourth-order valence-electron chi connectivity index (χ4n) is 2.19. The molecule has 7 heteroatoms. The van der Waals surface area contributed by atoms with E-state index in [0.717, 1.165) is 36.2 Å². The van der Waals surface area contributed by atoms with Gasteiger partial charge in [-0.25, -0.2) is 0 Å². The zero-order chi connectivity index (χ0) is 20.2. The second kappa shape index (κ2) is 24.5. The summed E-state index contributed by atoms with van der Waals surface area (Å²) in [6.07, 6.45) is 9.95. The van der Waals surface area contributed by atoms with Gasteiger partial charge in [-0.15, -0.1) is 0 Å². The van der Waals surface area contributed by atoms with Crippen LogP contribution in [0.5, 0.6) is 0 Å². The third-order valence-electron chi connectivity index (χ3n) is 3.59. The molecule has 0 atom stereocenters. The van der Waals surface area contributed by atoms with Gasteiger partial charge >= 0.3 is 11.9 Å². The van der Waals surface area contributed by atoms with Crippen LogP contribution >= 0.6 is 23.5 Å². The number of hydrogen-bond donors (Lipinski definition) is 2. The van der Waals surface area contributed by atoms with Crippen molar-refractivity contribution in [3.63, 3.8) is 0 Å². The third kappa shape index (κ3) is 37.8. The van der Waals surface area contributed by atoms with Crippen LogP contribution in [0.1, 0.15) is 79.1 Å². The van der Waals surface area contributed by atoms with Gasteiger partial charge in [0.1, 0.15) is 0 Å². The summed E-state index contributed by atoms with van der Waals surface area (Å²) in [7, 11) is 0. The van der Waals surface area contributed by atoms with Gasteiger partial charge in [0.25, 0.3) is 0 Å². The van der Waals surface area contributed by atoms with E-state index in [-0.39, 0.29) is 35.4 Å². The largest absolute Gasteiger partial charge is 0.481 e. The van der Waals surface area contributed by atoms with E-state index in [4.69, 9.17) is 10.2 Å². The van der Waals surface area contributed by atoms with Gasteiger partial charge in [0.15, 0.2) is 0 Å². The smallest absolute Gasteiger partial charge is 0.313 e. The van der Waals surface area contributed by atoms with Crippen molar-refractivity contribution in [2.75, 3.05) is 23.0 Å². The molecule has 0 aromatic heterocycles. The molecule has 0 unspecified atom stereocenters. The predicted octanol–water partition coefficient (Wildman–Crippen LogP) is 5.66. The minimum atomic E-state index is -0.702. The van der Waals surface area contributed by atoms with Gasteiger partial charge < -0.3 is 10.2 Å². The molecule has 0 aromatic rings. The summed E-state index contributed by atoms with van der Waals surface area (Å²) >= 11 is 3.04. The van der Waals surface area contributed by atoms with Crippen molar-refractivity contribution >= 4 is 59.4 Å². The maximum Gasteiger partial charge on any atom is 0.313 e. The van der Waals surface area contributed by atoms with E-state index >= 15 is 0 Å². The molecule has 0 aliphatic carbocycles. The Morgan fingerprint density at radius 2 is 1.00 bits per heavy atom. The number of carboxylic acid groups (broad SMARTS) is 2. The molecule has 0 aliphatic heterocycles. The topological polar surface area (TPSA) is 74.6 Å². The van der Waals surface area contributed by atoms with Crippen molar-refractivity contribution in [3.05, 3.63) is 0 Å². The van der Waals surface area contributed by atoms with Crippen molar-refractivity contribution in [1.29, 1.82) is 0 Å². The molecule has 0 aromatic carbocycles. The Hall–Kier alpha value is 0.439. The molecule has 160 valence electrons. The van der Waals surface area contributed by atoms with Gasteiger partial charge in [-0.1, -0.05) is 66.2 Å². The maximum absolute atomic E-state index is 10.2. The second-order valence-corrected chi connectivity index (χ2v) is 9.59. The fourth-order valence-corrected chi connectivity index (χ4v) is 3.64. The molecule has 2 N–H and O–H groups in total. The Morgan fingerprint density at radius 3 is 1.26 bits per heavy atom. The summed E-state index contributed by atoms with van der Waals surface area (Å²) in [6.45, 7) is 8.94. The summed E-state index contributed by atoms with van der Waals surface area (Å²) < 4.78 is 0. The van der Waals surface area contributed by atoms with Crippen LogP contribution in [-0.2, 0) is 9.59 Å². The molecule has 0 rings (SSSR count). The zero-order valence-corrected chi connectivity index (χ0v) is 22.2. The molecule has 4 nitrogen and oxygen atoms in total. The van der Waals surface area contributed by atoms with Crippen molar-refractivity contribution in [2.24, 2.45) is 11.8 Å². The minimum Gasteiger partial charge on any atom is -0.481 e. The third-order valence-corrected chi connectivity index (χ3v) is 5.65. The Balaban J connectivity index is -0.000000411. The molecule has 0 spiro atoms. The number of hydrogen-bond acceptors (Lipinski definition) is 4. The van der Waals surface area contributed by atoms with E-state index in [0.29, 0.717) is 0 Å². The molecule has 0 bridgehead atoms. The van der Waals surface area contributed by atoms with Crippen molar-refractivity contribution in [2.45, 2.75) is 79.1 Å². The summed E-state index contributed by atoms with van der Waals surface area (Å²) in [6, 6.07) is 0. The Morgan fingerprint density at radius 1 is 0.667 bits per heavy atom. The van der Waals surface area contributed by atoms with E-state index in [1.165, 1.54) is 62.0 Å². The Kier molecular flexibility index (Phi) is 29.1. The van der Waals surface area contributed by atoms with E-state index in [2.05, 4.69) is 27.7 Å². The molecular weight excluding hydrogens is 487 g/mol. The van der Waals surface area contributed by atoms with E-state index in [9.17, 15) is 9.59 Å². The molecule has 0 heterocycles. The van der Waals surface area contributed by atoms with Gasteiger partial charge in [0, 0.05) is 23.9 Å². The van der Waals surface area contributed by atoms with Crippen molar-refractivity contribution < 1.29 is 19.8 Å². The second-order valence-electron chi connectivity index (χ2n) is 7.38. The SMILES string of the molecule is CC(C)CCCCCSCC(=O)O.CC(C)CCCCCSCC(=O)O.[Sn]. The molecule has 27 heavy (non-hydrogen) atoms. The van der Waals surface area contributed by atoms with Gasteiger partial charge in [-0.3, -0.25) is 9.59 Å². The monoisotopic (exact) mass is 528 g/mol. The fraction of sp³-hybridized carbons (Fsp3) is 0.900. The number of unbranched alkanes of at least 4 members (excludes halogenated alkanes) is 4. The summed E-state index contributed by atoms with van der Waals surface area (Å²) in [5.41, 5.74) is 0. The molecule has 0 amide bonds. The molecule has 0 saturated carbocycles. The molecule has 0 saturated heterocycles. The van der Waals surface area contributed by atoms with Crippen LogP contribution in [0.2, 0.25) is 0 Å². The van der Waals surface area contributed by atoms with Crippen molar-refractivity contribution in [1.82, 2.24) is 0 Å². The van der Waals surface area contributed by atoms with Crippen LogP contribution in [0.4, 0.5) is 0 Å². The average molecular weight is 527 g/mol. The first-order valence-corrected chi connectivity index (χ1v) is 12.2. The number of carbonyl (C=O) groups is 2. The van der Waals surface area contributed by atoms with Gasteiger partial charge in [-0.05, 0) is 36.2 Å². The minimum absolute atomic E-state index is 0. The van der Waals surface area contributed by atoms with E-state index in [1.807, 2.05) is 0 Å². The maximum atomic E-state index is 10.2. The van der Waals surface area contributed by atoms with Crippen LogP contribution in [0.3, 0.4) is 0 Å². The Bertz CT molecular complexity index is 308. The van der Waals surface area contributed by atoms with Gasteiger partial charge in [0.05, 0.1) is 11.5 Å². The standard InChI is InChI=1S/2C10H20O2S.Sn/c2*1-9(2)6-4-3-5-7-13-8-10(11)12;/h2*9H,3-8H2,1-2H3,(H,11,12);. The summed E-state index contributed by atoms with van der Waals surface area (Å²) in [4.78, 5) is 20.3. The molecule has 4 radical (unpaired) electrons. The van der Waals surface area contributed by atoms with Crippen molar-refractivity contribution in [3.8, 4) is 0 Å². The summed E-state index contributed by atoms with van der Waals surface area (Å²) in [5, 5.41) is 16.7. The normalized spacial score (nSPS) is 10.3. The molecule has 0 fully saturated rings. The van der Waals surface area contributed by atoms with E-state index in [1.54, 1.807) is 0 Å². The molecule has 0 aliphatic rings. The average Bonchev–Trinajstić information content (AvgIpc) is 2.52. The number of aliphatic carboxylic acids is 2. The number of thioether (sulfide) groups is 2. The first kappa shape index (κ1) is 32.1. The molecular formula is C20H40O4S2Sn. The van der Waals surface area contributed by atoms with Crippen LogP contribution in [0.25, 0.3) is 0 Å². The van der Waals surface area contributed by atoms with Crippen LogP contribution in [-0.4, -0.2) is 69.1 Å². The number of rotatable bonds is 16. The van der Waals surface area contributed by atoms with E-state index < -0.39 is 11.9 Å². The Labute approximate surface area is 192 Å². The van der Waals surface area contributed by atoms with Crippen LogP contribution in [0.15, 0.2) is 0 Å².